The van der Waals surface area contributed by atoms with E-state index in [4.69, 9.17) is 18.6 Å². The molecule has 0 saturated carbocycles. The summed E-state index contributed by atoms with van der Waals surface area (Å²) in [5, 5.41) is 12.7. The van der Waals surface area contributed by atoms with Gasteiger partial charge in [0, 0.05) is 39.5 Å². The van der Waals surface area contributed by atoms with E-state index in [0.717, 1.165) is 12.1 Å². The van der Waals surface area contributed by atoms with Gasteiger partial charge in [-0.25, -0.2) is 28.9 Å². The van der Waals surface area contributed by atoms with Crippen LogP contribution in [0.1, 0.15) is 56.7 Å². The number of oxazole rings is 1. The third-order valence-electron chi connectivity index (χ3n) is 9.30. The minimum Gasteiger partial charge on any atom is -0.465 e. The number of aromatic nitrogens is 3. The molecule has 2 fully saturated rings. The topological polar surface area (TPSA) is 173 Å². The molecule has 1 spiro atoms. The number of aliphatic hydroxyl groups is 1. The Bertz CT molecular complexity index is 1780. The van der Waals surface area contributed by atoms with E-state index in [1.807, 2.05) is 6.07 Å². The van der Waals surface area contributed by atoms with Gasteiger partial charge in [-0.1, -0.05) is 0 Å². The van der Waals surface area contributed by atoms with Crippen molar-refractivity contribution in [3.05, 3.63) is 35.1 Å². The van der Waals surface area contributed by atoms with Crippen LogP contribution in [0.2, 0.25) is 0 Å². The summed E-state index contributed by atoms with van der Waals surface area (Å²) in [4.78, 5) is 55.1. The predicted molar refractivity (Wildman–Crippen MR) is 167 cm³/mol. The summed E-state index contributed by atoms with van der Waals surface area (Å²) in [6, 6.07) is 0.896. The molecule has 5 heterocycles. The Balaban J connectivity index is 0.971. The Labute approximate surface area is 275 Å². The fourth-order valence-electron chi connectivity index (χ4n) is 6.86. The maximum Gasteiger partial charge on any atom is 0.416 e. The van der Waals surface area contributed by atoms with Gasteiger partial charge in [-0.2, -0.15) is 0 Å². The molecule has 3 aromatic rings. The summed E-state index contributed by atoms with van der Waals surface area (Å²) in [7, 11) is 1.47. The first-order valence-electron chi connectivity index (χ1n) is 16.0. The number of benzene rings is 1. The number of halogens is 1. The van der Waals surface area contributed by atoms with Crippen LogP contribution in [0.5, 0.6) is 5.88 Å². The quantitative estimate of drug-likeness (QED) is 0.394. The van der Waals surface area contributed by atoms with E-state index in [-0.39, 0.29) is 47.4 Å². The molecule has 7 rings (SSSR count). The molecule has 15 nitrogen and oxygen atoms in total. The first kappa shape index (κ1) is 32.0. The second kappa shape index (κ2) is 11.8. The van der Waals surface area contributed by atoms with Gasteiger partial charge in [-0.15, -0.1) is 0 Å². The molecule has 4 aliphatic rings. The molecule has 2 N–H and O–H groups in total. The highest BCUT2D eigenvalue weighted by atomic mass is 19.1. The van der Waals surface area contributed by atoms with Gasteiger partial charge in [0.05, 0.1) is 19.3 Å². The second-order valence-corrected chi connectivity index (χ2v) is 13.9. The highest BCUT2D eigenvalue weighted by Crippen LogP contribution is 2.39. The number of anilines is 2. The smallest absolute Gasteiger partial charge is 0.416 e. The van der Waals surface area contributed by atoms with Gasteiger partial charge in [-0.3, -0.25) is 14.6 Å². The zero-order valence-corrected chi connectivity index (χ0v) is 27.2. The van der Waals surface area contributed by atoms with Crippen molar-refractivity contribution in [2.24, 2.45) is 5.92 Å². The second-order valence-electron chi connectivity index (χ2n) is 13.9. The van der Waals surface area contributed by atoms with Crippen molar-refractivity contribution in [2.75, 3.05) is 56.7 Å². The van der Waals surface area contributed by atoms with E-state index >= 15 is 4.39 Å². The first-order chi connectivity index (χ1) is 22.8. The molecular weight excluding hydrogens is 629 g/mol. The van der Waals surface area contributed by atoms with Crippen molar-refractivity contribution in [3.8, 4) is 5.88 Å². The highest BCUT2D eigenvalue weighted by molar-refractivity contribution is 5.95. The molecule has 3 aliphatic heterocycles. The van der Waals surface area contributed by atoms with Crippen molar-refractivity contribution in [1.82, 2.24) is 24.8 Å². The van der Waals surface area contributed by atoms with Crippen LogP contribution in [0.15, 0.2) is 16.7 Å². The van der Waals surface area contributed by atoms with E-state index in [1.165, 1.54) is 23.0 Å². The molecule has 1 aliphatic carbocycles. The summed E-state index contributed by atoms with van der Waals surface area (Å²) >= 11 is 0. The number of hydrogen-bond donors (Lipinski definition) is 2. The standard InChI is InChI=1S/C32H38FN7O8/c1-31(2,3)47-29(43)38(4)21(14-41)27-35-20-11-18-9-17(10-19(18)24(33)25(20)46-27)13-39-7-5-32(6-8-39)16-40(30(44)48-32)22-12-34-28-26(36-22)37-23(42)15-45-28/h11-12,17,21,41H,5-10,13-16H2,1-4H3,(H,36,37,42)/t17?,21-/m0/s1. The number of carbonyl (C=O) groups excluding carboxylic acids is 3. The van der Waals surface area contributed by atoms with E-state index in [9.17, 15) is 19.5 Å². The van der Waals surface area contributed by atoms with E-state index in [2.05, 4.69) is 25.2 Å². The number of rotatable bonds is 6. The number of nitrogens with zero attached hydrogens (tertiary/aromatic N) is 6. The van der Waals surface area contributed by atoms with Crippen LogP contribution < -0.4 is 15.0 Å². The van der Waals surface area contributed by atoms with E-state index in [1.54, 1.807) is 20.8 Å². The van der Waals surface area contributed by atoms with Gasteiger partial charge in [0.25, 0.3) is 11.8 Å². The fraction of sp³-hybridized carbons (Fsp3) is 0.562. The summed E-state index contributed by atoms with van der Waals surface area (Å²) in [5.74, 6) is 0.0701. The number of carbonyl (C=O) groups is 3. The van der Waals surface area contributed by atoms with Gasteiger partial charge in [0.15, 0.2) is 29.6 Å². The number of piperidine rings is 1. The van der Waals surface area contributed by atoms with Crippen molar-refractivity contribution in [2.45, 2.75) is 63.7 Å². The summed E-state index contributed by atoms with van der Waals surface area (Å²) in [6.07, 6.45) is 2.74. The minimum atomic E-state index is -0.939. The van der Waals surface area contributed by atoms with Gasteiger partial charge in [0.1, 0.15) is 22.8 Å². The van der Waals surface area contributed by atoms with Crippen molar-refractivity contribution in [3.63, 3.8) is 0 Å². The number of nitrogens with one attached hydrogen (secondary N) is 1. The largest absolute Gasteiger partial charge is 0.465 e. The Morgan fingerprint density at radius 3 is 2.75 bits per heavy atom. The molecule has 16 heteroatoms. The zero-order valence-electron chi connectivity index (χ0n) is 27.2. The number of fused-ring (bicyclic) bond motifs is 3. The number of likely N-dealkylation sites (tertiary alicyclic amines) is 1. The van der Waals surface area contributed by atoms with Crippen molar-refractivity contribution < 1.29 is 42.5 Å². The van der Waals surface area contributed by atoms with Gasteiger partial charge >= 0.3 is 12.2 Å². The van der Waals surface area contributed by atoms with Crippen LogP contribution in [0.3, 0.4) is 0 Å². The molecule has 1 aromatic carbocycles. The van der Waals surface area contributed by atoms with Gasteiger partial charge < -0.3 is 34.0 Å². The number of aliphatic hydroxyl groups excluding tert-OH is 1. The normalized spacial score (nSPS) is 21.0. The Hall–Kier alpha value is -4.57. The van der Waals surface area contributed by atoms with Crippen LogP contribution >= 0.6 is 0 Å². The summed E-state index contributed by atoms with van der Waals surface area (Å²) in [5.41, 5.74) is 0.418. The number of hydrogen-bond acceptors (Lipinski definition) is 12. The summed E-state index contributed by atoms with van der Waals surface area (Å²) < 4.78 is 38.2. The number of amides is 3. The molecule has 256 valence electrons. The number of ether oxygens (including phenoxy) is 3. The third kappa shape index (κ3) is 5.98. The lowest BCUT2D eigenvalue weighted by molar-refractivity contribution is -0.118. The molecule has 2 atom stereocenters. The maximum atomic E-state index is 15.8. The number of likely N-dealkylation sites (N-methyl/N-ethyl adjacent to an activating group) is 1. The van der Waals surface area contributed by atoms with Gasteiger partial charge in [0.2, 0.25) is 5.89 Å². The van der Waals surface area contributed by atoms with Crippen LogP contribution in [0.4, 0.5) is 25.6 Å². The lowest BCUT2D eigenvalue weighted by Gasteiger charge is -2.38. The van der Waals surface area contributed by atoms with Crippen molar-refractivity contribution >= 4 is 40.8 Å². The Morgan fingerprint density at radius 1 is 1.25 bits per heavy atom. The average Bonchev–Trinajstić information content (AvgIpc) is 3.73. The Morgan fingerprint density at radius 2 is 2.02 bits per heavy atom. The van der Waals surface area contributed by atoms with Crippen LogP contribution in [-0.4, -0.2) is 106 Å². The minimum absolute atomic E-state index is 0.00600. The molecule has 3 amide bonds. The molecular formula is C32H38FN7O8. The monoisotopic (exact) mass is 667 g/mol. The van der Waals surface area contributed by atoms with Crippen LogP contribution in [-0.2, 0) is 27.1 Å². The molecule has 48 heavy (non-hydrogen) atoms. The third-order valence-corrected chi connectivity index (χ3v) is 9.30. The highest BCUT2D eigenvalue weighted by Gasteiger charge is 2.48. The maximum absolute atomic E-state index is 15.8. The van der Waals surface area contributed by atoms with E-state index < -0.39 is 41.9 Å². The predicted octanol–water partition coefficient (Wildman–Crippen LogP) is 3.19. The molecule has 0 bridgehead atoms. The molecule has 2 aromatic heterocycles. The lowest BCUT2D eigenvalue weighted by Crippen LogP contribution is -2.48. The van der Waals surface area contributed by atoms with E-state index in [0.29, 0.717) is 56.4 Å². The fourth-order valence-corrected chi connectivity index (χ4v) is 6.86. The average molecular weight is 668 g/mol. The first-order valence-corrected chi connectivity index (χ1v) is 16.0. The van der Waals surface area contributed by atoms with Crippen LogP contribution in [0.25, 0.3) is 11.1 Å². The summed E-state index contributed by atoms with van der Waals surface area (Å²) in [6.45, 7) is 7.10. The lowest BCUT2D eigenvalue weighted by atomic mass is 9.90. The molecule has 0 radical (unpaired) electrons. The zero-order chi connectivity index (χ0) is 34.0. The molecule has 1 unspecified atom stereocenters. The van der Waals surface area contributed by atoms with Gasteiger partial charge in [-0.05, 0) is 56.7 Å². The molecule has 2 saturated heterocycles. The van der Waals surface area contributed by atoms with Crippen molar-refractivity contribution in [1.29, 1.82) is 0 Å². The Kier molecular flexibility index (Phi) is 7.89. The SMILES string of the molecule is CN(C(=O)OC(C)(C)C)[C@@H](CO)c1nc2cc3c(c(F)c2o1)CC(CN1CCC2(CC1)CN(c1cnc4c(n1)NC(=O)CO4)C(=O)O2)C3. The van der Waals surface area contributed by atoms with Crippen LogP contribution in [0, 0.1) is 11.7 Å².